The van der Waals surface area contributed by atoms with Crippen LogP contribution >= 0.6 is 0 Å². The fraction of sp³-hybridized carbons (Fsp3) is 0.429. The lowest BCUT2D eigenvalue weighted by Crippen LogP contribution is -2.32. The van der Waals surface area contributed by atoms with Crippen LogP contribution in [-0.2, 0) is 10.0 Å². The number of hydrogen-bond acceptors (Lipinski definition) is 6. The Bertz CT molecular complexity index is 833. The number of carbonyl (C=O) groups is 1. The molecule has 2 rings (SSSR count). The first kappa shape index (κ1) is 17.2. The van der Waals surface area contributed by atoms with Crippen molar-refractivity contribution in [1.29, 1.82) is 0 Å². The van der Waals surface area contributed by atoms with Gasteiger partial charge >= 0.3 is 0 Å². The number of nitrogens with zero attached hydrogens (tertiary/aromatic N) is 1. The molecule has 0 aliphatic heterocycles. The van der Waals surface area contributed by atoms with Crippen LogP contribution in [0.25, 0.3) is 0 Å². The van der Waals surface area contributed by atoms with Gasteiger partial charge in [-0.3, -0.25) is 4.79 Å². The van der Waals surface area contributed by atoms with Crippen molar-refractivity contribution in [3.8, 4) is 0 Å². The van der Waals surface area contributed by atoms with Crippen LogP contribution in [0.1, 0.15) is 41.5 Å². The minimum atomic E-state index is -3.88. The first-order valence-electron chi connectivity index (χ1n) is 6.98. The molecule has 2 N–H and O–H groups in total. The number of aromatic nitrogens is 1. The maximum Gasteiger partial charge on any atom is 0.261 e. The number of rotatable bonds is 5. The number of aryl methyl sites for hydroxylation is 3. The summed E-state index contributed by atoms with van der Waals surface area (Å²) in [6.45, 7) is 8.09. The average molecular weight is 341 g/mol. The largest absolute Gasteiger partial charge is 0.464 e. The molecule has 0 saturated carbocycles. The van der Waals surface area contributed by atoms with Crippen molar-refractivity contribution in [2.24, 2.45) is 0 Å². The molecule has 9 heteroatoms. The number of nitrogens with one attached hydrogen (secondary N) is 2. The van der Waals surface area contributed by atoms with E-state index in [4.69, 9.17) is 8.94 Å². The highest BCUT2D eigenvalue weighted by atomic mass is 32.2. The van der Waals surface area contributed by atoms with Gasteiger partial charge in [0.15, 0.2) is 5.82 Å². The molecule has 0 aromatic carbocycles. The quantitative estimate of drug-likeness (QED) is 0.861. The van der Waals surface area contributed by atoms with Crippen LogP contribution in [-0.4, -0.2) is 25.5 Å². The molecular formula is C14H19N3O5S. The monoisotopic (exact) mass is 341 g/mol. The number of carbonyl (C=O) groups excluding carboxylic acids is 1. The van der Waals surface area contributed by atoms with Crippen LogP contribution in [0.2, 0.25) is 0 Å². The van der Waals surface area contributed by atoms with Gasteiger partial charge in [0, 0.05) is 12.1 Å². The lowest BCUT2D eigenvalue weighted by molar-refractivity contribution is 0.102. The second-order valence-electron chi connectivity index (χ2n) is 5.47. The molecule has 23 heavy (non-hydrogen) atoms. The van der Waals surface area contributed by atoms with Gasteiger partial charge in [-0.2, -0.15) is 0 Å². The molecule has 8 nitrogen and oxygen atoms in total. The smallest absolute Gasteiger partial charge is 0.261 e. The average Bonchev–Trinajstić information content (AvgIpc) is 2.91. The van der Waals surface area contributed by atoms with Gasteiger partial charge in [0.05, 0.1) is 0 Å². The van der Waals surface area contributed by atoms with Gasteiger partial charge < -0.3 is 14.3 Å². The standard InChI is InChI=1S/C14H19N3O5S/c1-7(2)17-23(19,20)13-10(5)21-9(4)12(13)14(18)15-11-6-8(3)22-16-11/h6-7,17H,1-5H3,(H,15,16,18). The molecule has 2 aromatic heterocycles. The lowest BCUT2D eigenvalue weighted by atomic mass is 10.2. The van der Waals surface area contributed by atoms with E-state index in [1.54, 1.807) is 20.8 Å². The first-order chi connectivity index (χ1) is 10.6. The Morgan fingerprint density at radius 3 is 2.39 bits per heavy atom. The van der Waals surface area contributed by atoms with Gasteiger partial charge in [0.25, 0.3) is 5.91 Å². The molecule has 0 saturated heterocycles. The highest BCUT2D eigenvalue weighted by Crippen LogP contribution is 2.27. The summed E-state index contributed by atoms with van der Waals surface area (Å²) >= 11 is 0. The molecule has 0 spiro atoms. The summed E-state index contributed by atoms with van der Waals surface area (Å²) in [6.07, 6.45) is 0. The van der Waals surface area contributed by atoms with Crippen molar-refractivity contribution in [1.82, 2.24) is 9.88 Å². The van der Waals surface area contributed by atoms with E-state index in [-0.39, 0.29) is 33.8 Å². The molecule has 0 bridgehead atoms. The third-order valence-corrected chi connectivity index (χ3v) is 4.77. The molecule has 0 atom stereocenters. The van der Waals surface area contributed by atoms with Crippen molar-refractivity contribution in [3.63, 3.8) is 0 Å². The maximum absolute atomic E-state index is 12.5. The molecule has 0 unspecified atom stereocenters. The van der Waals surface area contributed by atoms with Crippen molar-refractivity contribution < 1.29 is 22.2 Å². The fourth-order valence-corrected chi connectivity index (χ4v) is 3.89. The minimum absolute atomic E-state index is 0.0451. The zero-order valence-electron chi connectivity index (χ0n) is 13.6. The molecule has 0 radical (unpaired) electrons. The number of amides is 1. The molecule has 1 amide bonds. The van der Waals surface area contributed by atoms with E-state index in [1.807, 2.05) is 0 Å². The second-order valence-corrected chi connectivity index (χ2v) is 7.12. The number of furan rings is 1. The molecule has 2 heterocycles. The molecule has 0 aliphatic carbocycles. The Morgan fingerprint density at radius 1 is 1.22 bits per heavy atom. The summed E-state index contributed by atoms with van der Waals surface area (Å²) in [7, 11) is -3.88. The Morgan fingerprint density at radius 2 is 1.87 bits per heavy atom. The van der Waals surface area contributed by atoms with E-state index in [0.29, 0.717) is 5.76 Å². The molecular weight excluding hydrogens is 322 g/mol. The van der Waals surface area contributed by atoms with E-state index in [1.165, 1.54) is 19.9 Å². The normalized spacial score (nSPS) is 11.9. The predicted molar refractivity (Wildman–Crippen MR) is 82.8 cm³/mol. The lowest BCUT2D eigenvalue weighted by Gasteiger charge is -2.10. The number of sulfonamides is 1. The van der Waals surface area contributed by atoms with Crippen molar-refractivity contribution in [2.45, 2.75) is 45.6 Å². The van der Waals surface area contributed by atoms with E-state index in [0.717, 1.165) is 0 Å². The summed E-state index contributed by atoms with van der Waals surface area (Å²) in [6, 6.07) is 1.21. The highest BCUT2D eigenvalue weighted by molar-refractivity contribution is 7.89. The zero-order valence-corrected chi connectivity index (χ0v) is 14.4. The molecule has 126 valence electrons. The highest BCUT2D eigenvalue weighted by Gasteiger charge is 2.31. The topological polar surface area (TPSA) is 114 Å². The molecule has 0 fully saturated rings. The van der Waals surface area contributed by atoms with E-state index in [9.17, 15) is 13.2 Å². The summed E-state index contributed by atoms with van der Waals surface area (Å²) in [5, 5.41) is 6.16. The third-order valence-electron chi connectivity index (χ3n) is 2.96. The van der Waals surface area contributed by atoms with Gasteiger partial charge in [-0.1, -0.05) is 5.16 Å². The predicted octanol–water partition coefficient (Wildman–Crippen LogP) is 2.13. The van der Waals surface area contributed by atoms with E-state index < -0.39 is 15.9 Å². The van der Waals surface area contributed by atoms with Crippen molar-refractivity contribution in [2.75, 3.05) is 5.32 Å². The van der Waals surface area contributed by atoms with Gasteiger partial charge in [0.2, 0.25) is 10.0 Å². The fourth-order valence-electron chi connectivity index (χ4n) is 2.22. The SMILES string of the molecule is Cc1cc(NC(=O)c2c(C)oc(C)c2S(=O)(=O)NC(C)C)no1. The Hall–Kier alpha value is -2.13. The summed E-state index contributed by atoms with van der Waals surface area (Å²) in [4.78, 5) is 12.3. The zero-order chi connectivity index (χ0) is 17.4. The van der Waals surface area contributed by atoms with Crippen molar-refractivity contribution >= 4 is 21.7 Å². The van der Waals surface area contributed by atoms with Crippen LogP contribution in [0.3, 0.4) is 0 Å². The number of anilines is 1. The van der Waals surface area contributed by atoms with Gasteiger partial charge in [-0.05, 0) is 34.6 Å². The first-order valence-corrected chi connectivity index (χ1v) is 8.47. The van der Waals surface area contributed by atoms with Gasteiger partial charge in [-0.15, -0.1) is 0 Å². The second kappa shape index (κ2) is 6.17. The van der Waals surface area contributed by atoms with Crippen LogP contribution in [0.4, 0.5) is 5.82 Å². The van der Waals surface area contributed by atoms with E-state index in [2.05, 4.69) is 15.2 Å². The van der Waals surface area contributed by atoms with E-state index >= 15 is 0 Å². The Labute approximate surface area is 134 Å². The van der Waals surface area contributed by atoms with Crippen LogP contribution < -0.4 is 10.0 Å². The van der Waals surface area contributed by atoms with Gasteiger partial charge in [0.1, 0.15) is 27.7 Å². The van der Waals surface area contributed by atoms with Crippen molar-refractivity contribution in [3.05, 3.63) is 28.9 Å². The van der Waals surface area contributed by atoms with Crippen LogP contribution in [0, 0.1) is 20.8 Å². The summed E-state index contributed by atoms with van der Waals surface area (Å²) < 4.78 is 37.6. The Kier molecular flexibility index (Phi) is 4.62. The van der Waals surface area contributed by atoms with Crippen LogP contribution in [0.15, 0.2) is 19.9 Å². The maximum atomic E-state index is 12.5. The third kappa shape index (κ3) is 3.62. The molecule has 2 aromatic rings. The summed E-state index contributed by atoms with van der Waals surface area (Å²) in [5.41, 5.74) is -0.0451. The minimum Gasteiger partial charge on any atom is -0.464 e. The van der Waals surface area contributed by atoms with Crippen LogP contribution in [0.5, 0.6) is 0 Å². The van der Waals surface area contributed by atoms with Gasteiger partial charge in [-0.25, -0.2) is 13.1 Å². The number of hydrogen-bond donors (Lipinski definition) is 2. The summed E-state index contributed by atoms with van der Waals surface area (Å²) in [5.74, 6) is 0.457. The Balaban J connectivity index is 2.44. The molecule has 0 aliphatic rings.